The first kappa shape index (κ1) is 13.4. The zero-order valence-corrected chi connectivity index (χ0v) is 11.1. The number of nitrogens with zero attached hydrogens (tertiary/aromatic N) is 3. The number of rotatable bonds is 5. The number of hydrogen-bond donors (Lipinski definition) is 2. The first-order chi connectivity index (χ1) is 9.08. The van der Waals surface area contributed by atoms with Crippen LogP contribution < -0.4 is 5.73 Å². The summed E-state index contributed by atoms with van der Waals surface area (Å²) in [4.78, 5) is 21.5. The van der Waals surface area contributed by atoms with Gasteiger partial charge in [-0.05, 0) is 0 Å². The second-order valence-electron chi connectivity index (χ2n) is 3.72. The molecule has 0 aliphatic rings. The van der Waals surface area contributed by atoms with E-state index < -0.39 is 0 Å². The van der Waals surface area contributed by atoms with Crippen LogP contribution in [0, 0.1) is 4.64 Å². The lowest BCUT2D eigenvalue weighted by Gasteiger charge is -2.06. The summed E-state index contributed by atoms with van der Waals surface area (Å²) in [6.45, 7) is 2.09. The Kier molecular flexibility index (Phi) is 4.07. The molecule has 0 aromatic carbocycles. The van der Waals surface area contributed by atoms with Crippen LogP contribution in [0.3, 0.4) is 0 Å². The van der Waals surface area contributed by atoms with Crippen molar-refractivity contribution in [2.24, 2.45) is 0 Å². The number of anilines is 1. The van der Waals surface area contributed by atoms with E-state index in [1.54, 1.807) is 10.9 Å². The van der Waals surface area contributed by atoms with Crippen LogP contribution in [0.5, 0.6) is 0 Å². The summed E-state index contributed by atoms with van der Waals surface area (Å²) in [6.07, 6.45) is 1.57. The van der Waals surface area contributed by atoms with E-state index in [0.717, 1.165) is 0 Å². The van der Waals surface area contributed by atoms with Gasteiger partial charge in [-0.3, -0.25) is 9.36 Å². The Labute approximate surface area is 113 Å². The zero-order chi connectivity index (χ0) is 13.8. The number of hydrogen-bond acceptors (Lipinski definition) is 7. The molecule has 0 aliphatic heterocycles. The Morgan fingerprint density at radius 2 is 2.37 bits per heavy atom. The van der Waals surface area contributed by atoms with Crippen LogP contribution in [0.4, 0.5) is 5.95 Å². The lowest BCUT2D eigenvalue weighted by Crippen LogP contribution is -2.10. The summed E-state index contributed by atoms with van der Waals surface area (Å²) in [5, 5.41) is 0. The monoisotopic (exact) mass is 283 g/mol. The van der Waals surface area contributed by atoms with Crippen LogP contribution in [0.15, 0.2) is 6.33 Å². The molecule has 3 N–H and O–H groups in total. The van der Waals surface area contributed by atoms with Gasteiger partial charge in [-0.25, -0.2) is 9.97 Å². The quantitative estimate of drug-likeness (QED) is 0.470. The molecule has 2 aromatic heterocycles. The van der Waals surface area contributed by atoms with Gasteiger partial charge in [0, 0.05) is 6.92 Å². The van der Waals surface area contributed by atoms with E-state index in [1.165, 1.54) is 6.92 Å². The van der Waals surface area contributed by atoms with Crippen LogP contribution in [0.1, 0.15) is 6.92 Å². The lowest BCUT2D eigenvalue weighted by atomic mass is 10.5. The molecule has 0 saturated heterocycles. The minimum absolute atomic E-state index is 0.210. The molecule has 0 aliphatic carbocycles. The second-order valence-corrected chi connectivity index (χ2v) is 4.10. The minimum atomic E-state index is -0.334. The van der Waals surface area contributed by atoms with Crippen LogP contribution in [-0.4, -0.2) is 38.7 Å². The van der Waals surface area contributed by atoms with Gasteiger partial charge in [-0.1, -0.05) is 12.2 Å². The molecule has 2 rings (SSSR count). The zero-order valence-electron chi connectivity index (χ0n) is 10.3. The third-order valence-electron chi connectivity index (χ3n) is 2.27. The lowest BCUT2D eigenvalue weighted by molar-refractivity contribution is -0.142. The number of nitrogen functional groups attached to an aromatic ring is 1. The predicted octanol–water partition coefficient (Wildman–Crippen LogP) is 0.608. The van der Waals surface area contributed by atoms with Crippen molar-refractivity contribution in [3.05, 3.63) is 11.0 Å². The van der Waals surface area contributed by atoms with E-state index in [-0.39, 0.29) is 25.3 Å². The predicted molar refractivity (Wildman–Crippen MR) is 69.7 cm³/mol. The maximum Gasteiger partial charge on any atom is 0.302 e. The smallest absolute Gasteiger partial charge is 0.302 e. The second kappa shape index (κ2) is 5.76. The number of ether oxygens (including phenoxy) is 2. The van der Waals surface area contributed by atoms with Gasteiger partial charge in [-0.15, -0.1) is 0 Å². The van der Waals surface area contributed by atoms with E-state index in [0.29, 0.717) is 22.4 Å². The molecule has 102 valence electrons. The van der Waals surface area contributed by atoms with Crippen molar-refractivity contribution in [2.45, 2.75) is 13.7 Å². The molecule has 0 bridgehead atoms. The van der Waals surface area contributed by atoms with Crippen molar-refractivity contribution in [2.75, 3.05) is 18.9 Å². The van der Waals surface area contributed by atoms with Gasteiger partial charge in [-0.2, -0.15) is 0 Å². The summed E-state index contributed by atoms with van der Waals surface area (Å²) >= 11 is 5.05. The summed E-state index contributed by atoms with van der Waals surface area (Å²) in [6, 6.07) is 0. The number of carbonyl (C=O) groups is 1. The molecule has 0 spiro atoms. The van der Waals surface area contributed by atoms with Crippen molar-refractivity contribution in [3.8, 4) is 0 Å². The van der Waals surface area contributed by atoms with E-state index in [9.17, 15) is 4.79 Å². The summed E-state index contributed by atoms with van der Waals surface area (Å²) in [7, 11) is 0. The largest absolute Gasteiger partial charge is 0.463 e. The normalized spacial score (nSPS) is 10.8. The van der Waals surface area contributed by atoms with Crippen LogP contribution in [0.25, 0.3) is 11.2 Å². The van der Waals surface area contributed by atoms with Gasteiger partial charge in [0.2, 0.25) is 0 Å². The highest BCUT2D eigenvalue weighted by Crippen LogP contribution is 2.11. The minimum Gasteiger partial charge on any atom is -0.463 e. The van der Waals surface area contributed by atoms with Crippen molar-refractivity contribution >= 4 is 35.3 Å². The Hall–Kier alpha value is -2.00. The summed E-state index contributed by atoms with van der Waals surface area (Å²) in [5.41, 5.74) is 6.80. The van der Waals surface area contributed by atoms with Gasteiger partial charge < -0.3 is 20.2 Å². The molecule has 0 saturated carbocycles. The molecular weight excluding hydrogens is 270 g/mol. The molecule has 0 atom stereocenters. The highest BCUT2D eigenvalue weighted by molar-refractivity contribution is 7.71. The molecule has 2 heterocycles. The van der Waals surface area contributed by atoms with E-state index in [1.807, 2.05) is 0 Å². The molecule has 0 fully saturated rings. The molecule has 8 nitrogen and oxygen atoms in total. The SMILES string of the molecule is CC(=O)OCCOCn1cnc2c(=S)nc(N)[nH]c21. The fourth-order valence-corrected chi connectivity index (χ4v) is 1.73. The molecule has 19 heavy (non-hydrogen) atoms. The standard InChI is InChI=1S/C10H13N5O3S/c1-6(16)18-3-2-17-5-15-4-12-7-8(15)13-10(11)14-9(7)19/h4H,2-3,5H2,1H3,(H3,11,13,14,19). The Bertz CT molecular complexity index is 650. The number of fused-ring (bicyclic) bond motifs is 1. The summed E-state index contributed by atoms with van der Waals surface area (Å²) < 4.78 is 12.1. The number of nitrogens with two attached hydrogens (primary N) is 1. The molecule has 0 amide bonds. The first-order valence-electron chi connectivity index (χ1n) is 5.49. The van der Waals surface area contributed by atoms with Crippen LogP contribution in [-0.2, 0) is 21.0 Å². The van der Waals surface area contributed by atoms with Crippen molar-refractivity contribution < 1.29 is 14.3 Å². The van der Waals surface area contributed by atoms with E-state index in [2.05, 4.69) is 15.0 Å². The van der Waals surface area contributed by atoms with Gasteiger partial charge in [0.1, 0.15) is 24.5 Å². The average molecular weight is 283 g/mol. The van der Waals surface area contributed by atoms with Gasteiger partial charge in [0.25, 0.3) is 0 Å². The number of carbonyl (C=O) groups excluding carboxylic acids is 1. The molecular formula is C10H13N5O3S. The van der Waals surface area contributed by atoms with E-state index >= 15 is 0 Å². The number of H-pyrrole nitrogens is 1. The molecule has 0 unspecified atom stereocenters. The highest BCUT2D eigenvalue weighted by atomic mass is 32.1. The van der Waals surface area contributed by atoms with Crippen LogP contribution >= 0.6 is 12.2 Å². The molecule has 0 radical (unpaired) electrons. The van der Waals surface area contributed by atoms with E-state index in [4.69, 9.17) is 27.4 Å². The fraction of sp³-hybridized carbons (Fsp3) is 0.400. The van der Waals surface area contributed by atoms with Crippen molar-refractivity contribution in [1.29, 1.82) is 0 Å². The molecule has 9 heteroatoms. The van der Waals surface area contributed by atoms with Crippen molar-refractivity contribution in [1.82, 2.24) is 19.5 Å². The Balaban J connectivity index is 2.01. The average Bonchev–Trinajstić information content (AvgIpc) is 2.72. The highest BCUT2D eigenvalue weighted by Gasteiger charge is 2.06. The van der Waals surface area contributed by atoms with Gasteiger partial charge in [0.15, 0.2) is 10.6 Å². The number of aromatic amines is 1. The maximum absolute atomic E-state index is 10.6. The summed E-state index contributed by atoms with van der Waals surface area (Å²) in [5.74, 6) is -0.112. The van der Waals surface area contributed by atoms with Crippen molar-refractivity contribution in [3.63, 3.8) is 0 Å². The fourth-order valence-electron chi connectivity index (χ4n) is 1.49. The number of aromatic nitrogens is 4. The molecule has 2 aromatic rings. The van der Waals surface area contributed by atoms with Crippen LogP contribution in [0.2, 0.25) is 0 Å². The van der Waals surface area contributed by atoms with Gasteiger partial charge in [0.05, 0.1) is 12.9 Å². The number of esters is 1. The number of nitrogens with one attached hydrogen (secondary N) is 1. The Morgan fingerprint density at radius 1 is 1.58 bits per heavy atom. The number of imidazole rings is 1. The third kappa shape index (κ3) is 3.26. The Morgan fingerprint density at radius 3 is 3.11 bits per heavy atom. The van der Waals surface area contributed by atoms with Gasteiger partial charge >= 0.3 is 5.97 Å². The third-order valence-corrected chi connectivity index (χ3v) is 2.56. The maximum atomic E-state index is 10.6. The first-order valence-corrected chi connectivity index (χ1v) is 5.90. The topological polar surface area (TPSA) is 108 Å².